The Labute approximate surface area is 80.4 Å². The standard InChI is InChI=1S/C9H8ClNO2/c10-6-2-1-5-11-7(6)9(3-4-9)8(12)13/h1-2,5H,3-4H2,(H,12,13). The highest BCUT2D eigenvalue weighted by Gasteiger charge is 2.54. The van der Waals surface area contributed by atoms with Crippen LogP contribution >= 0.6 is 11.6 Å². The van der Waals surface area contributed by atoms with Gasteiger partial charge in [0.15, 0.2) is 0 Å². The van der Waals surface area contributed by atoms with E-state index < -0.39 is 11.4 Å². The summed E-state index contributed by atoms with van der Waals surface area (Å²) in [5.74, 6) is -0.826. The van der Waals surface area contributed by atoms with E-state index in [9.17, 15) is 4.79 Å². The Hall–Kier alpha value is -1.09. The Morgan fingerprint density at radius 3 is 2.77 bits per heavy atom. The molecule has 13 heavy (non-hydrogen) atoms. The second-order valence-electron chi connectivity index (χ2n) is 3.22. The largest absolute Gasteiger partial charge is 0.481 e. The molecule has 68 valence electrons. The zero-order valence-corrected chi connectivity index (χ0v) is 7.58. The lowest BCUT2D eigenvalue weighted by Gasteiger charge is -2.09. The summed E-state index contributed by atoms with van der Waals surface area (Å²) in [6.07, 6.45) is 2.85. The van der Waals surface area contributed by atoms with E-state index in [1.165, 1.54) is 0 Å². The number of nitrogens with zero attached hydrogens (tertiary/aromatic N) is 1. The first-order chi connectivity index (χ1) is 6.17. The molecule has 1 aliphatic rings. The van der Waals surface area contributed by atoms with Crippen molar-refractivity contribution in [3.63, 3.8) is 0 Å². The number of halogens is 1. The number of rotatable bonds is 2. The molecule has 0 amide bonds. The van der Waals surface area contributed by atoms with Crippen LogP contribution in [0.15, 0.2) is 18.3 Å². The summed E-state index contributed by atoms with van der Waals surface area (Å²) < 4.78 is 0. The number of hydrogen-bond acceptors (Lipinski definition) is 2. The van der Waals surface area contributed by atoms with E-state index in [4.69, 9.17) is 16.7 Å². The Balaban J connectivity index is 2.47. The van der Waals surface area contributed by atoms with Gasteiger partial charge < -0.3 is 5.11 Å². The summed E-state index contributed by atoms with van der Waals surface area (Å²) in [6, 6.07) is 3.37. The quantitative estimate of drug-likeness (QED) is 0.787. The molecule has 1 heterocycles. The maximum absolute atomic E-state index is 10.9. The van der Waals surface area contributed by atoms with Crippen LogP contribution < -0.4 is 0 Å². The van der Waals surface area contributed by atoms with Crippen LogP contribution in [-0.4, -0.2) is 16.1 Å². The van der Waals surface area contributed by atoms with Crippen molar-refractivity contribution < 1.29 is 9.90 Å². The highest BCUT2D eigenvalue weighted by atomic mass is 35.5. The van der Waals surface area contributed by atoms with Gasteiger partial charge in [0.2, 0.25) is 0 Å². The van der Waals surface area contributed by atoms with Crippen LogP contribution in [0.2, 0.25) is 5.02 Å². The fourth-order valence-corrected chi connectivity index (χ4v) is 1.72. The number of carbonyl (C=O) groups is 1. The molecule has 2 rings (SSSR count). The fraction of sp³-hybridized carbons (Fsp3) is 0.333. The molecule has 4 heteroatoms. The van der Waals surface area contributed by atoms with Gasteiger partial charge in [0, 0.05) is 6.20 Å². The number of aromatic nitrogens is 1. The summed E-state index contributed by atoms with van der Waals surface area (Å²) in [5, 5.41) is 9.43. The van der Waals surface area contributed by atoms with Crippen molar-refractivity contribution in [2.75, 3.05) is 0 Å². The molecule has 0 atom stereocenters. The number of hydrogen-bond donors (Lipinski definition) is 1. The predicted octanol–water partition coefficient (Wildman–Crippen LogP) is 1.85. The van der Waals surface area contributed by atoms with Gasteiger partial charge in [-0.3, -0.25) is 9.78 Å². The molecule has 0 unspecified atom stereocenters. The van der Waals surface area contributed by atoms with Gasteiger partial charge in [-0.15, -0.1) is 0 Å². The molecule has 1 aromatic heterocycles. The van der Waals surface area contributed by atoms with Gasteiger partial charge in [-0.1, -0.05) is 11.6 Å². The molecule has 3 nitrogen and oxygen atoms in total. The lowest BCUT2D eigenvalue weighted by Crippen LogP contribution is -2.21. The van der Waals surface area contributed by atoms with Gasteiger partial charge in [0.25, 0.3) is 0 Å². The smallest absolute Gasteiger partial charge is 0.315 e. The Morgan fingerprint density at radius 2 is 2.31 bits per heavy atom. The zero-order chi connectivity index (χ0) is 9.47. The van der Waals surface area contributed by atoms with Crippen molar-refractivity contribution in [1.29, 1.82) is 0 Å². The third kappa shape index (κ3) is 1.20. The van der Waals surface area contributed by atoms with Gasteiger partial charge in [-0.2, -0.15) is 0 Å². The first kappa shape index (κ1) is 8.51. The maximum Gasteiger partial charge on any atom is 0.315 e. The van der Waals surface area contributed by atoms with E-state index in [1.54, 1.807) is 18.3 Å². The molecule has 1 fully saturated rings. The van der Waals surface area contributed by atoms with Crippen LogP contribution in [-0.2, 0) is 10.2 Å². The van der Waals surface area contributed by atoms with E-state index in [2.05, 4.69) is 4.98 Å². The van der Waals surface area contributed by atoms with Gasteiger partial charge in [0.1, 0.15) is 5.41 Å². The van der Waals surface area contributed by atoms with Gasteiger partial charge in [-0.05, 0) is 25.0 Å². The molecule has 1 aliphatic carbocycles. The maximum atomic E-state index is 10.9. The zero-order valence-electron chi connectivity index (χ0n) is 6.83. The second-order valence-corrected chi connectivity index (χ2v) is 3.63. The predicted molar refractivity (Wildman–Crippen MR) is 47.8 cm³/mol. The Bertz CT molecular complexity index is 360. The van der Waals surface area contributed by atoms with Crippen LogP contribution in [0.4, 0.5) is 0 Å². The molecule has 0 aromatic carbocycles. The molecular weight excluding hydrogens is 190 g/mol. The molecule has 1 aromatic rings. The van der Waals surface area contributed by atoms with Crippen LogP contribution in [0, 0.1) is 0 Å². The molecule has 0 spiro atoms. The Kier molecular flexibility index (Phi) is 1.77. The molecule has 0 saturated heterocycles. The van der Waals surface area contributed by atoms with Crippen LogP contribution in [0.5, 0.6) is 0 Å². The van der Waals surface area contributed by atoms with E-state index in [0.29, 0.717) is 23.6 Å². The summed E-state index contributed by atoms with van der Waals surface area (Å²) in [7, 11) is 0. The van der Waals surface area contributed by atoms with Crippen molar-refractivity contribution in [2.45, 2.75) is 18.3 Å². The third-order valence-corrected chi connectivity index (χ3v) is 2.68. The van der Waals surface area contributed by atoms with Crippen molar-refractivity contribution >= 4 is 17.6 Å². The van der Waals surface area contributed by atoms with Gasteiger partial charge in [-0.25, -0.2) is 0 Å². The fourth-order valence-electron chi connectivity index (χ4n) is 1.41. The van der Waals surface area contributed by atoms with Gasteiger partial charge >= 0.3 is 5.97 Å². The second kappa shape index (κ2) is 2.70. The summed E-state index contributed by atoms with van der Waals surface area (Å²) in [6.45, 7) is 0. The molecule has 1 N–H and O–H groups in total. The number of aliphatic carboxylic acids is 1. The summed E-state index contributed by atoms with van der Waals surface area (Å²) in [4.78, 5) is 15.0. The monoisotopic (exact) mass is 197 g/mol. The highest BCUT2D eigenvalue weighted by molar-refractivity contribution is 6.31. The first-order valence-corrected chi connectivity index (χ1v) is 4.39. The lowest BCUT2D eigenvalue weighted by atomic mass is 10.0. The highest BCUT2D eigenvalue weighted by Crippen LogP contribution is 2.49. The normalized spacial score (nSPS) is 18.2. The molecule has 0 bridgehead atoms. The molecular formula is C9H8ClNO2. The summed E-state index contributed by atoms with van der Waals surface area (Å²) >= 11 is 5.87. The first-order valence-electron chi connectivity index (χ1n) is 4.01. The average molecular weight is 198 g/mol. The van der Waals surface area contributed by atoms with Crippen LogP contribution in [0.3, 0.4) is 0 Å². The van der Waals surface area contributed by atoms with Gasteiger partial charge in [0.05, 0.1) is 10.7 Å². The van der Waals surface area contributed by atoms with Crippen LogP contribution in [0.1, 0.15) is 18.5 Å². The van der Waals surface area contributed by atoms with Crippen molar-refractivity contribution in [3.05, 3.63) is 29.0 Å². The number of carboxylic acids is 1. The van der Waals surface area contributed by atoms with E-state index in [0.717, 1.165) is 0 Å². The molecule has 0 radical (unpaired) electrons. The SMILES string of the molecule is O=C(O)C1(c2ncccc2Cl)CC1. The number of carboxylic acid groups (broad SMARTS) is 1. The van der Waals surface area contributed by atoms with E-state index in [-0.39, 0.29) is 0 Å². The third-order valence-electron chi connectivity index (χ3n) is 2.37. The Morgan fingerprint density at radius 1 is 1.62 bits per heavy atom. The topological polar surface area (TPSA) is 50.2 Å². The van der Waals surface area contributed by atoms with E-state index in [1.807, 2.05) is 0 Å². The minimum Gasteiger partial charge on any atom is -0.481 e. The minimum atomic E-state index is -0.826. The van der Waals surface area contributed by atoms with Crippen molar-refractivity contribution in [1.82, 2.24) is 4.98 Å². The molecule has 0 aliphatic heterocycles. The average Bonchev–Trinajstić information content (AvgIpc) is 2.85. The minimum absolute atomic E-state index is 0.447. The lowest BCUT2D eigenvalue weighted by molar-refractivity contribution is -0.140. The summed E-state index contributed by atoms with van der Waals surface area (Å²) in [5.41, 5.74) is -0.289. The van der Waals surface area contributed by atoms with Crippen molar-refractivity contribution in [3.8, 4) is 0 Å². The van der Waals surface area contributed by atoms with Crippen LogP contribution in [0.25, 0.3) is 0 Å². The van der Waals surface area contributed by atoms with Crippen molar-refractivity contribution in [2.24, 2.45) is 0 Å². The molecule has 1 saturated carbocycles. The van der Waals surface area contributed by atoms with E-state index >= 15 is 0 Å². The number of pyridine rings is 1.